The number of carbonyl (C=O) groups excluding carboxylic acids is 3. The summed E-state index contributed by atoms with van der Waals surface area (Å²) >= 11 is 6.85. The minimum Gasteiger partial charge on any atom is -0.493 e. The van der Waals surface area contributed by atoms with Crippen LogP contribution in [0.4, 0.5) is 16.2 Å². The summed E-state index contributed by atoms with van der Waals surface area (Å²) in [6.07, 6.45) is 1.60. The normalized spacial score (nSPS) is 14.1. The third kappa shape index (κ3) is 6.25. The molecular formula is C27H23ClN2O6S. The zero-order chi connectivity index (χ0) is 26.4. The number of methoxy groups -OCH3 is 1. The van der Waals surface area contributed by atoms with Crippen LogP contribution >= 0.6 is 23.4 Å². The smallest absolute Gasteiger partial charge is 0.298 e. The van der Waals surface area contributed by atoms with Crippen LogP contribution in [0, 0.1) is 0 Å². The molecule has 3 amide bonds. The lowest BCUT2D eigenvalue weighted by Gasteiger charge is -2.13. The van der Waals surface area contributed by atoms with E-state index in [4.69, 9.17) is 25.8 Å². The molecular weight excluding hydrogens is 516 g/mol. The highest BCUT2D eigenvalue weighted by Gasteiger charge is 2.36. The van der Waals surface area contributed by atoms with Crippen molar-refractivity contribution in [2.45, 2.75) is 6.92 Å². The first kappa shape index (κ1) is 26.1. The number of rotatable bonds is 9. The van der Waals surface area contributed by atoms with Crippen LogP contribution < -0.4 is 24.4 Å². The van der Waals surface area contributed by atoms with Gasteiger partial charge in [-0.3, -0.25) is 14.4 Å². The monoisotopic (exact) mass is 538 g/mol. The van der Waals surface area contributed by atoms with Crippen molar-refractivity contribution in [2.75, 3.05) is 30.5 Å². The highest BCUT2D eigenvalue weighted by Crippen LogP contribution is 2.37. The lowest BCUT2D eigenvalue weighted by molar-refractivity contribution is -0.118. The second-order valence-electron chi connectivity index (χ2n) is 7.67. The molecule has 3 aromatic carbocycles. The molecule has 10 heteroatoms. The van der Waals surface area contributed by atoms with Gasteiger partial charge in [0, 0.05) is 5.02 Å². The summed E-state index contributed by atoms with van der Waals surface area (Å²) in [4.78, 5) is 39.2. The highest BCUT2D eigenvalue weighted by molar-refractivity contribution is 8.19. The number of para-hydroxylation sites is 2. The Bertz CT molecular complexity index is 1380. The number of anilines is 2. The number of carbonyl (C=O) groups is 3. The maximum absolute atomic E-state index is 12.9. The number of ether oxygens (including phenoxy) is 3. The SMILES string of the molecule is CCOc1ccccc1NC(=O)COc1ccc(/C=C2\SC(=O)N(c3cccc(Cl)c3)C2=O)cc1OC. The van der Waals surface area contributed by atoms with Crippen molar-refractivity contribution in [3.63, 3.8) is 0 Å². The van der Waals surface area contributed by atoms with Crippen LogP contribution in [0.3, 0.4) is 0 Å². The van der Waals surface area contributed by atoms with E-state index >= 15 is 0 Å². The van der Waals surface area contributed by atoms with Crippen molar-refractivity contribution in [3.05, 3.63) is 82.2 Å². The van der Waals surface area contributed by atoms with Crippen LogP contribution in [-0.4, -0.2) is 37.4 Å². The summed E-state index contributed by atoms with van der Waals surface area (Å²) in [5, 5.41) is 2.78. The molecule has 0 saturated carbocycles. The molecule has 0 atom stereocenters. The first-order valence-electron chi connectivity index (χ1n) is 11.3. The van der Waals surface area contributed by atoms with Crippen LogP contribution in [0.15, 0.2) is 71.6 Å². The Morgan fingerprint density at radius 3 is 2.57 bits per heavy atom. The Hall–Kier alpha value is -3.95. The van der Waals surface area contributed by atoms with Crippen molar-refractivity contribution >= 4 is 57.9 Å². The molecule has 37 heavy (non-hydrogen) atoms. The average Bonchev–Trinajstić information content (AvgIpc) is 3.16. The molecule has 8 nitrogen and oxygen atoms in total. The van der Waals surface area contributed by atoms with Gasteiger partial charge in [0.25, 0.3) is 17.1 Å². The standard InChI is InChI=1S/C27H23ClN2O6S/c1-3-35-21-10-5-4-9-20(21)29-25(31)16-36-22-12-11-17(13-23(22)34-2)14-24-26(32)30(27(33)37-24)19-8-6-7-18(28)15-19/h4-15H,3,16H2,1-2H3,(H,29,31)/b24-14-. The Labute approximate surface area is 223 Å². The molecule has 190 valence electrons. The minimum absolute atomic E-state index is 0.255. The highest BCUT2D eigenvalue weighted by atomic mass is 35.5. The Morgan fingerprint density at radius 1 is 1.00 bits per heavy atom. The molecule has 0 unspecified atom stereocenters. The predicted octanol–water partition coefficient (Wildman–Crippen LogP) is 6.01. The number of hydrogen-bond acceptors (Lipinski definition) is 7. The fraction of sp³-hybridized carbons (Fsp3) is 0.148. The van der Waals surface area contributed by atoms with E-state index in [1.165, 1.54) is 7.11 Å². The van der Waals surface area contributed by atoms with E-state index < -0.39 is 11.1 Å². The summed E-state index contributed by atoms with van der Waals surface area (Å²) in [5.74, 6) is 0.471. The third-order valence-electron chi connectivity index (χ3n) is 5.17. The quantitative estimate of drug-likeness (QED) is 0.334. The van der Waals surface area contributed by atoms with Crippen molar-refractivity contribution in [3.8, 4) is 17.2 Å². The minimum atomic E-state index is -0.444. The van der Waals surface area contributed by atoms with Crippen LogP contribution in [0.2, 0.25) is 5.02 Å². The lowest BCUT2D eigenvalue weighted by Crippen LogP contribution is -2.27. The molecule has 1 aliphatic heterocycles. The van der Waals surface area contributed by atoms with Gasteiger partial charge >= 0.3 is 0 Å². The van der Waals surface area contributed by atoms with Crippen LogP contribution in [0.5, 0.6) is 17.2 Å². The predicted molar refractivity (Wildman–Crippen MR) is 145 cm³/mol. The summed E-state index contributed by atoms with van der Waals surface area (Å²) < 4.78 is 16.6. The molecule has 4 rings (SSSR count). The fourth-order valence-corrected chi connectivity index (χ4v) is 4.56. The number of halogens is 1. The number of thioether (sulfide) groups is 1. The molecule has 0 aliphatic carbocycles. The maximum Gasteiger partial charge on any atom is 0.298 e. The average molecular weight is 539 g/mol. The van der Waals surface area contributed by atoms with Crippen LogP contribution in [0.25, 0.3) is 6.08 Å². The molecule has 0 spiro atoms. The second-order valence-corrected chi connectivity index (χ2v) is 9.10. The lowest BCUT2D eigenvalue weighted by atomic mass is 10.2. The van der Waals surface area contributed by atoms with E-state index in [-0.39, 0.29) is 17.4 Å². The van der Waals surface area contributed by atoms with Crippen LogP contribution in [-0.2, 0) is 9.59 Å². The van der Waals surface area contributed by atoms with Crippen molar-refractivity contribution in [1.82, 2.24) is 0 Å². The van der Waals surface area contributed by atoms with E-state index in [9.17, 15) is 14.4 Å². The van der Waals surface area contributed by atoms with Gasteiger partial charge in [-0.05, 0) is 72.8 Å². The van der Waals surface area contributed by atoms with E-state index in [1.54, 1.807) is 66.7 Å². The van der Waals surface area contributed by atoms with Crippen molar-refractivity contribution in [1.29, 1.82) is 0 Å². The van der Waals surface area contributed by atoms with Gasteiger partial charge in [-0.1, -0.05) is 35.9 Å². The number of imide groups is 1. The fourth-order valence-electron chi connectivity index (χ4n) is 3.53. The van der Waals surface area contributed by atoms with Gasteiger partial charge in [-0.2, -0.15) is 0 Å². The zero-order valence-electron chi connectivity index (χ0n) is 20.0. The largest absolute Gasteiger partial charge is 0.493 e. The van der Waals surface area contributed by atoms with Gasteiger partial charge in [-0.15, -0.1) is 0 Å². The first-order valence-corrected chi connectivity index (χ1v) is 12.4. The molecule has 1 N–H and O–H groups in total. The van der Waals surface area contributed by atoms with E-state index in [0.717, 1.165) is 16.7 Å². The van der Waals surface area contributed by atoms with Crippen molar-refractivity contribution < 1.29 is 28.6 Å². The topological polar surface area (TPSA) is 94.2 Å². The summed E-state index contributed by atoms with van der Waals surface area (Å²) in [6.45, 7) is 2.08. The first-order chi connectivity index (χ1) is 17.9. The second kappa shape index (κ2) is 11.9. The van der Waals surface area contributed by atoms with Gasteiger partial charge in [0.2, 0.25) is 0 Å². The molecule has 3 aromatic rings. The van der Waals surface area contributed by atoms with E-state index in [2.05, 4.69) is 5.32 Å². The van der Waals surface area contributed by atoms with Gasteiger partial charge in [-0.25, -0.2) is 4.90 Å². The summed E-state index contributed by atoms with van der Waals surface area (Å²) in [6, 6.07) is 18.7. The number of amides is 3. The molecule has 1 saturated heterocycles. The molecule has 1 aliphatic rings. The Morgan fingerprint density at radius 2 is 1.81 bits per heavy atom. The van der Waals surface area contributed by atoms with Gasteiger partial charge in [0.1, 0.15) is 5.75 Å². The number of benzene rings is 3. The summed E-state index contributed by atoms with van der Waals surface area (Å²) in [7, 11) is 1.47. The summed E-state index contributed by atoms with van der Waals surface area (Å²) in [5.41, 5.74) is 1.57. The van der Waals surface area contributed by atoms with Crippen LogP contribution in [0.1, 0.15) is 12.5 Å². The van der Waals surface area contributed by atoms with Gasteiger partial charge < -0.3 is 19.5 Å². The maximum atomic E-state index is 12.9. The molecule has 0 bridgehead atoms. The Kier molecular flexibility index (Phi) is 8.37. The molecule has 1 heterocycles. The van der Waals surface area contributed by atoms with Crippen molar-refractivity contribution in [2.24, 2.45) is 0 Å². The zero-order valence-corrected chi connectivity index (χ0v) is 21.6. The number of nitrogens with zero attached hydrogens (tertiary/aromatic N) is 1. The Balaban J connectivity index is 1.44. The third-order valence-corrected chi connectivity index (χ3v) is 6.27. The van der Waals surface area contributed by atoms with Gasteiger partial charge in [0.05, 0.1) is 30.0 Å². The number of nitrogens with one attached hydrogen (secondary N) is 1. The molecule has 1 fully saturated rings. The van der Waals surface area contributed by atoms with Gasteiger partial charge in [0.15, 0.2) is 18.1 Å². The molecule has 0 radical (unpaired) electrons. The number of hydrogen-bond donors (Lipinski definition) is 1. The van der Waals surface area contributed by atoms with E-state index in [1.807, 2.05) is 13.0 Å². The van der Waals surface area contributed by atoms with E-state index in [0.29, 0.717) is 45.8 Å². The molecule has 0 aromatic heterocycles.